The Labute approximate surface area is 72.0 Å². The van der Waals surface area contributed by atoms with E-state index in [1.54, 1.807) is 12.2 Å². The summed E-state index contributed by atoms with van der Waals surface area (Å²) in [6.45, 7) is 9.95. The van der Waals surface area contributed by atoms with Gasteiger partial charge in [-0.05, 0) is 41.6 Å². The van der Waals surface area contributed by atoms with Gasteiger partial charge in [-0.25, -0.2) is 0 Å². The Morgan fingerprint density at radius 3 is 2.30 bits per heavy atom. The van der Waals surface area contributed by atoms with Gasteiger partial charge in [0, 0.05) is 0 Å². The van der Waals surface area contributed by atoms with Crippen molar-refractivity contribution >= 4 is 24.2 Å². The minimum Gasteiger partial charge on any atom is -0.540 e. The SMILES string of the molecule is C=CC=C(Br)O[Si](C)(C)C. The van der Waals surface area contributed by atoms with E-state index in [4.69, 9.17) is 4.43 Å². The smallest absolute Gasteiger partial charge is 0.242 e. The van der Waals surface area contributed by atoms with Gasteiger partial charge in [0.15, 0.2) is 0 Å². The highest BCUT2D eigenvalue weighted by Gasteiger charge is 2.15. The molecule has 58 valence electrons. The molecule has 0 aromatic rings. The van der Waals surface area contributed by atoms with Gasteiger partial charge in [-0.3, -0.25) is 0 Å². The molecule has 0 unspecified atom stereocenters. The first kappa shape index (κ1) is 9.98. The van der Waals surface area contributed by atoms with Gasteiger partial charge in [-0.15, -0.1) is 0 Å². The number of allylic oxidation sites excluding steroid dienone is 2. The first-order valence-corrected chi connectivity index (χ1v) is 7.33. The summed E-state index contributed by atoms with van der Waals surface area (Å²) in [7, 11) is -1.42. The minimum atomic E-state index is -1.42. The van der Waals surface area contributed by atoms with Gasteiger partial charge in [-0.2, -0.15) is 0 Å². The van der Waals surface area contributed by atoms with Gasteiger partial charge in [0.05, 0.1) is 0 Å². The lowest BCUT2D eigenvalue weighted by Crippen LogP contribution is -2.23. The van der Waals surface area contributed by atoms with Crippen LogP contribution in [0.25, 0.3) is 0 Å². The molecule has 0 rings (SSSR count). The predicted octanol–water partition coefficient (Wildman–Crippen LogP) is 3.26. The van der Waals surface area contributed by atoms with Gasteiger partial charge >= 0.3 is 0 Å². The maximum atomic E-state index is 5.52. The monoisotopic (exact) mass is 220 g/mol. The molecule has 0 aliphatic carbocycles. The summed E-state index contributed by atoms with van der Waals surface area (Å²) in [5, 5.41) is 0. The van der Waals surface area contributed by atoms with Crippen molar-refractivity contribution in [2.45, 2.75) is 19.6 Å². The van der Waals surface area contributed by atoms with Crippen LogP contribution in [-0.2, 0) is 4.43 Å². The van der Waals surface area contributed by atoms with E-state index in [-0.39, 0.29) is 0 Å². The molecule has 0 spiro atoms. The summed E-state index contributed by atoms with van der Waals surface area (Å²) in [5.74, 6) is 0. The molecular formula is C7H13BrOSi. The van der Waals surface area contributed by atoms with Gasteiger partial charge < -0.3 is 4.43 Å². The summed E-state index contributed by atoms with van der Waals surface area (Å²) in [6.07, 6.45) is 3.50. The van der Waals surface area contributed by atoms with E-state index in [2.05, 4.69) is 42.1 Å². The Bertz CT molecular complexity index is 146. The Kier molecular flexibility index (Phi) is 3.97. The molecule has 0 fully saturated rings. The van der Waals surface area contributed by atoms with E-state index in [0.29, 0.717) is 0 Å². The molecule has 0 aromatic heterocycles. The van der Waals surface area contributed by atoms with Gasteiger partial charge in [-0.1, -0.05) is 12.7 Å². The number of hydrogen-bond acceptors (Lipinski definition) is 1. The molecule has 0 amide bonds. The third-order valence-corrected chi connectivity index (χ3v) is 2.21. The Balaban J connectivity index is 3.91. The van der Waals surface area contributed by atoms with Crippen molar-refractivity contribution in [3.8, 4) is 0 Å². The molecular weight excluding hydrogens is 208 g/mol. The molecule has 0 heterocycles. The van der Waals surface area contributed by atoms with Crippen LogP contribution in [0.2, 0.25) is 19.6 Å². The molecule has 0 aliphatic heterocycles. The molecule has 0 aromatic carbocycles. The van der Waals surface area contributed by atoms with E-state index >= 15 is 0 Å². The molecule has 0 N–H and O–H groups in total. The standard InChI is InChI=1S/C7H13BrOSi/c1-5-6-7(8)9-10(2,3)4/h5-6H,1H2,2-4H3. The molecule has 0 saturated carbocycles. The average molecular weight is 221 g/mol. The predicted molar refractivity (Wildman–Crippen MR) is 51.6 cm³/mol. The highest BCUT2D eigenvalue weighted by molar-refractivity contribution is 9.11. The van der Waals surface area contributed by atoms with E-state index in [0.717, 1.165) is 4.67 Å². The first-order valence-electron chi connectivity index (χ1n) is 3.13. The van der Waals surface area contributed by atoms with Crippen molar-refractivity contribution < 1.29 is 4.43 Å². The van der Waals surface area contributed by atoms with Gasteiger partial charge in [0.1, 0.15) is 4.67 Å². The fourth-order valence-corrected chi connectivity index (χ4v) is 2.72. The van der Waals surface area contributed by atoms with Gasteiger partial charge in [0.25, 0.3) is 0 Å². The maximum Gasteiger partial charge on any atom is 0.242 e. The van der Waals surface area contributed by atoms with E-state index in [1.165, 1.54) is 0 Å². The van der Waals surface area contributed by atoms with Crippen LogP contribution in [0.15, 0.2) is 23.4 Å². The van der Waals surface area contributed by atoms with Crippen molar-refractivity contribution in [1.29, 1.82) is 0 Å². The largest absolute Gasteiger partial charge is 0.540 e. The molecule has 0 atom stereocenters. The third kappa shape index (κ3) is 6.10. The second-order valence-corrected chi connectivity index (χ2v) is 8.13. The van der Waals surface area contributed by atoms with Crippen LogP contribution in [0.3, 0.4) is 0 Å². The average Bonchev–Trinajstić information content (AvgIpc) is 1.59. The summed E-state index contributed by atoms with van der Waals surface area (Å²) in [4.78, 5) is 0. The van der Waals surface area contributed by atoms with Crippen LogP contribution in [0.1, 0.15) is 0 Å². The Morgan fingerprint density at radius 1 is 1.50 bits per heavy atom. The van der Waals surface area contributed by atoms with E-state index in [9.17, 15) is 0 Å². The van der Waals surface area contributed by atoms with Crippen LogP contribution >= 0.6 is 15.9 Å². The molecule has 0 aliphatic rings. The van der Waals surface area contributed by atoms with Crippen molar-refractivity contribution in [2.24, 2.45) is 0 Å². The van der Waals surface area contributed by atoms with Crippen LogP contribution in [0.4, 0.5) is 0 Å². The van der Waals surface area contributed by atoms with E-state index < -0.39 is 8.32 Å². The molecule has 0 saturated heterocycles. The summed E-state index contributed by atoms with van der Waals surface area (Å²) in [5.41, 5.74) is 0. The highest BCUT2D eigenvalue weighted by Crippen LogP contribution is 2.14. The maximum absolute atomic E-state index is 5.52. The van der Waals surface area contributed by atoms with Crippen LogP contribution in [0, 0.1) is 0 Å². The second kappa shape index (κ2) is 3.98. The molecule has 3 heteroatoms. The lowest BCUT2D eigenvalue weighted by atomic mass is 10.6. The molecule has 0 radical (unpaired) electrons. The van der Waals surface area contributed by atoms with Crippen LogP contribution in [-0.4, -0.2) is 8.32 Å². The summed E-state index contributed by atoms with van der Waals surface area (Å²) >= 11 is 3.28. The fraction of sp³-hybridized carbons (Fsp3) is 0.429. The van der Waals surface area contributed by atoms with Gasteiger partial charge in [0.2, 0.25) is 8.32 Å². The molecule has 1 nitrogen and oxygen atoms in total. The fourth-order valence-electron chi connectivity index (χ4n) is 0.419. The van der Waals surface area contributed by atoms with Crippen molar-refractivity contribution in [1.82, 2.24) is 0 Å². The highest BCUT2D eigenvalue weighted by atomic mass is 79.9. The van der Waals surface area contributed by atoms with Crippen LogP contribution < -0.4 is 0 Å². The zero-order chi connectivity index (χ0) is 8.20. The molecule has 0 bridgehead atoms. The topological polar surface area (TPSA) is 9.23 Å². The zero-order valence-corrected chi connectivity index (χ0v) is 9.23. The number of halogens is 1. The Morgan fingerprint density at radius 2 is 2.00 bits per heavy atom. The van der Waals surface area contributed by atoms with Crippen molar-refractivity contribution in [3.63, 3.8) is 0 Å². The van der Waals surface area contributed by atoms with Crippen molar-refractivity contribution in [3.05, 3.63) is 23.4 Å². The first-order chi connectivity index (χ1) is 4.45. The quantitative estimate of drug-likeness (QED) is 0.403. The lowest BCUT2D eigenvalue weighted by molar-refractivity contribution is 0.467. The number of hydrogen-bond donors (Lipinski definition) is 0. The minimum absolute atomic E-state index is 0.779. The van der Waals surface area contributed by atoms with E-state index in [1.807, 2.05) is 0 Å². The summed E-state index contributed by atoms with van der Waals surface area (Å²) < 4.78 is 6.30. The normalized spacial score (nSPS) is 13.0. The Hall–Kier alpha value is -0.0231. The third-order valence-electron chi connectivity index (χ3n) is 0.653. The van der Waals surface area contributed by atoms with Crippen LogP contribution in [0.5, 0.6) is 0 Å². The lowest BCUT2D eigenvalue weighted by Gasteiger charge is -2.17. The summed E-state index contributed by atoms with van der Waals surface area (Å²) in [6, 6.07) is 0. The second-order valence-electron chi connectivity index (χ2n) is 2.92. The molecule has 10 heavy (non-hydrogen) atoms. The van der Waals surface area contributed by atoms with Crippen molar-refractivity contribution in [2.75, 3.05) is 0 Å². The number of rotatable bonds is 3. The zero-order valence-electron chi connectivity index (χ0n) is 6.65.